The second-order valence-electron chi connectivity index (χ2n) is 2.66. The fourth-order valence-corrected chi connectivity index (χ4v) is 0.984. The summed E-state index contributed by atoms with van der Waals surface area (Å²) >= 11 is 0. The van der Waals surface area contributed by atoms with E-state index in [1.54, 1.807) is 18.2 Å². The zero-order valence-electron chi connectivity index (χ0n) is 7.13. The molecule has 0 aliphatic heterocycles. The molecule has 0 aromatic heterocycles. The van der Waals surface area contributed by atoms with Gasteiger partial charge in [0.15, 0.2) is 0 Å². The molecule has 0 aliphatic carbocycles. The molecule has 0 bridgehead atoms. The van der Waals surface area contributed by atoms with E-state index >= 15 is 0 Å². The van der Waals surface area contributed by atoms with Crippen LogP contribution >= 0.6 is 0 Å². The number of nitrogens with one attached hydrogen (secondary N) is 1. The summed E-state index contributed by atoms with van der Waals surface area (Å²) in [6, 6.07) is 7.71. The second-order valence-corrected chi connectivity index (χ2v) is 2.66. The number of alkyl halides is 2. The molecule has 70 valence electrons. The molecule has 1 N–H and O–H groups in total. The number of halogens is 2. The van der Waals surface area contributed by atoms with Gasteiger partial charge in [0.2, 0.25) is 0 Å². The van der Waals surface area contributed by atoms with Crippen LogP contribution in [0, 0.1) is 0 Å². The highest BCUT2D eigenvalue weighted by molar-refractivity contribution is 5.20. The van der Waals surface area contributed by atoms with E-state index in [0.29, 0.717) is 0 Å². The average Bonchev–Trinajstić information content (AvgIpc) is 2.16. The van der Waals surface area contributed by atoms with E-state index in [9.17, 15) is 8.78 Å². The fourth-order valence-electron chi connectivity index (χ4n) is 0.984. The summed E-state index contributed by atoms with van der Waals surface area (Å²) in [6.07, 6.45) is 1.26. The van der Waals surface area contributed by atoms with Crippen molar-refractivity contribution in [3.05, 3.63) is 48.7 Å². The lowest BCUT2D eigenvalue weighted by Gasteiger charge is -2.16. The van der Waals surface area contributed by atoms with Crippen molar-refractivity contribution >= 4 is 0 Å². The van der Waals surface area contributed by atoms with Crippen molar-refractivity contribution in [1.29, 1.82) is 0 Å². The Bertz CT molecular complexity index is 270. The SMILES string of the molecule is C=CNCC(F)(F)c1ccccc1. The molecule has 0 saturated carbocycles. The molecule has 1 nitrogen and oxygen atoms in total. The van der Waals surface area contributed by atoms with Crippen molar-refractivity contribution in [2.45, 2.75) is 5.92 Å². The van der Waals surface area contributed by atoms with E-state index in [4.69, 9.17) is 0 Å². The lowest BCUT2D eigenvalue weighted by Crippen LogP contribution is -2.27. The van der Waals surface area contributed by atoms with Crippen LogP contribution in [0.15, 0.2) is 43.1 Å². The third kappa shape index (κ3) is 2.54. The standard InChI is InChI=1S/C10H11F2N/c1-2-13-8-10(11,12)9-6-4-3-5-7-9/h2-7,13H,1,8H2. The Balaban J connectivity index is 2.74. The molecule has 0 heterocycles. The highest BCUT2D eigenvalue weighted by Gasteiger charge is 2.30. The first kappa shape index (κ1) is 9.71. The Morgan fingerprint density at radius 2 is 1.92 bits per heavy atom. The minimum atomic E-state index is -2.84. The molecule has 0 atom stereocenters. The molecular formula is C10H11F2N. The van der Waals surface area contributed by atoms with Gasteiger partial charge >= 0.3 is 0 Å². The molecule has 1 rings (SSSR count). The predicted molar refractivity (Wildman–Crippen MR) is 48.5 cm³/mol. The van der Waals surface area contributed by atoms with Crippen molar-refractivity contribution in [1.82, 2.24) is 5.32 Å². The molecule has 3 heteroatoms. The average molecular weight is 183 g/mol. The van der Waals surface area contributed by atoms with Crippen molar-refractivity contribution in [3.8, 4) is 0 Å². The van der Waals surface area contributed by atoms with E-state index in [-0.39, 0.29) is 5.56 Å². The van der Waals surface area contributed by atoms with Gasteiger partial charge in [-0.05, 0) is 6.20 Å². The first-order valence-corrected chi connectivity index (χ1v) is 3.94. The van der Waals surface area contributed by atoms with E-state index in [1.807, 2.05) is 0 Å². The van der Waals surface area contributed by atoms with Crippen LogP contribution in [0.5, 0.6) is 0 Å². The Kier molecular flexibility index (Phi) is 3.01. The number of hydrogen-bond acceptors (Lipinski definition) is 1. The molecule has 13 heavy (non-hydrogen) atoms. The van der Waals surface area contributed by atoms with Gasteiger partial charge < -0.3 is 5.32 Å². The van der Waals surface area contributed by atoms with Crippen LogP contribution in [0.3, 0.4) is 0 Å². The molecule has 0 unspecified atom stereocenters. The summed E-state index contributed by atoms with van der Waals surface area (Å²) in [5, 5.41) is 2.40. The van der Waals surface area contributed by atoms with Gasteiger partial charge in [-0.25, -0.2) is 0 Å². The van der Waals surface area contributed by atoms with Gasteiger partial charge in [0.25, 0.3) is 5.92 Å². The summed E-state index contributed by atoms with van der Waals surface area (Å²) in [6.45, 7) is 2.90. The van der Waals surface area contributed by atoms with Crippen molar-refractivity contribution in [2.24, 2.45) is 0 Å². The van der Waals surface area contributed by atoms with Crippen LogP contribution in [0.4, 0.5) is 8.78 Å². The van der Waals surface area contributed by atoms with Crippen molar-refractivity contribution in [3.63, 3.8) is 0 Å². The van der Waals surface area contributed by atoms with Crippen LogP contribution in [-0.4, -0.2) is 6.54 Å². The monoisotopic (exact) mass is 183 g/mol. The van der Waals surface area contributed by atoms with Crippen molar-refractivity contribution in [2.75, 3.05) is 6.54 Å². The Morgan fingerprint density at radius 1 is 1.31 bits per heavy atom. The van der Waals surface area contributed by atoms with Gasteiger partial charge in [0, 0.05) is 5.56 Å². The summed E-state index contributed by atoms with van der Waals surface area (Å²) in [4.78, 5) is 0. The quantitative estimate of drug-likeness (QED) is 0.756. The largest absolute Gasteiger partial charge is 0.385 e. The predicted octanol–water partition coefficient (Wildman–Crippen LogP) is 2.51. The molecule has 0 fully saturated rings. The van der Waals surface area contributed by atoms with Gasteiger partial charge in [-0.1, -0.05) is 36.9 Å². The maximum atomic E-state index is 13.2. The molecule has 0 aliphatic rings. The Labute approximate surface area is 76.1 Å². The molecule has 0 saturated heterocycles. The first-order valence-electron chi connectivity index (χ1n) is 3.94. The third-order valence-corrected chi connectivity index (χ3v) is 1.66. The van der Waals surface area contributed by atoms with E-state index < -0.39 is 12.5 Å². The van der Waals surface area contributed by atoms with Crippen LogP contribution in [0.2, 0.25) is 0 Å². The number of hydrogen-bond donors (Lipinski definition) is 1. The third-order valence-electron chi connectivity index (χ3n) is 1.66. The summed E-state index contributed by atoms with van der Waals surface area (Å²) in [5.74, 6) is -2.84. The van der Waals surface area contributed by atoms with E-state index in [2.05, 4.69) is 11.9 Å². The molecule has 1 aromatic rings. The summed E-state index contributed by atoms with van der Waals surface area (Å²) < 4.78 is 26.5. The van der Waals surface area contributed by atoms with Crippen LogP contribution in [0.25, 0.3) is 0 Å². The van der Waals surface area contributed by atoms with Crippen molar-refractivity contribution < 1.29 is 8.78 Å². The number of rotatable bonds is 4. The molecule has 0 radical (unpaired) electrons. The van der Waals surface area contributed by atoms with Gasteiger partial charge in [-0.2, -0.15) is 8.78 Å². The summed E-state index contributed by atoms with van der Waals surface area (Å²) in [5.41, 5.74) is 0.0179. The molecule has 0 amide bonds. The van der Waals surface area contributed by atoms with E-state index in [1.165, 1.54) is 18.3 Å². The zero-order valence-corrected chi connectivity index (χ0v) is 7.13. The smallest absolute Gasteiger partial charge is 0.290 e. The fraction of sp³-hybridized carbons (Fsp3) is 0.200. The first-order chi connectivity index (χ1) is 6.17. The lowest BCUT2D eigenvalue weighted by molar-refractivity contribution is 0.0000546. The summed E-state index contributed by atoms with van der Waals surface area (Å²) in [7, 11) is 0. The molecule has 1 aromatic carbocycles. The maximum Gasteiger partial charge on any atom is 0.290 e. The minimum Gasteiger partial charge on any atom is -0.385 e. The Hall–Kier alpha value is -1.38. The molecule has 0 spiro atoms. The van der Waals surface area contributed by atoms with Crippen LogP contribution < -0.4 is 5.32 Å². The van der Waals surface area contributed by atoms with Gasteiger partial charge in [0.1, 0.15) is 0 Å². The second kappa shape index (κ2) is 4.03. The number of benzene rings is 1. The lowest BCUT2D eigenvalue weighted by atomic mass is 10.1. The van der Waals surface area contributed by atoms with Crippen LogP contribution in [0.1, 0.15) is 5.56 Å². The highest BCUT2D eigenvalue weighted by atomic mass is 19.3. The highest BCUT2D eigenvalue weighted by Crippen LogP contribution is 2.26. The normalized spacial score (nSPS) is 10.9. The van der Waals surface area contributed by atoms with Gasteiger partial charge in [-0.15, -0.1) is 0 Å². The minimum absolute atomic E-state index is 0.0179. The van der Waals surface area contributed by atoms with Crippen LogP contribution in [-0.2, 0) is 5.92 Å². The Morgan fingerprint density at radius 3 is 2.46 bits per heavy atom. The maximum absolute atomic E-state index is 13.2. The van der Waals surface area contributed by atoms with Gasteiger partial charge in [0.05, 0.1) is 6.54 Å². The zero-order chi connectivity index (χ0) is 9.73. The van der Waals surface area contributed by atoms with E-state index in [0.717, 1.165) is 0 Å². The molecular weight excluding hydrogens is 172 g/mol. The van der Waals surface area contributed by atoms with Gasteiger partial charge in [-0.3, -0.25) is 0 Å². The topological polar surface area (TPSA) is 12.0 Å².